The molecule has 0 saturated carbocycles. The summed E-state index contributed by atoms with van der Waals surface area (Å²) in [5.74, 6) is -3.51. The van der Waals surface area contributed by atoms with Crippen molar-refractivity contribution in [3.63, 3.8) is 0 Å². The first-order valence-corrected chi connectivity index (χ1v) is 14.9. The number of aliphatic hydroxyl groups excluding tert-OH is 1. The van der Waals surface area contributed by atoms with Crippen LogP contribution >= 0.6 is 0 Å². The van der Waals surface area contributed by atoms with Crippen LogP contribution in [0.25, 0.3) is 54.1 Å². The molecular formula is C38H25N3O8. The summed E-state index contributed by atoms with van der Waals surface area (Å²) in [4.78, 5) is 47.9. The fourth-order valence-corrected chi connectivity index (χ4v) is 6.42. The Kier molecular flexibility index (Phi) is 7.29. The van der Waals surface area contributed by atoms with E-state index in [1.807, 2.05) is 31.2 Å². The molecule has 0 spiro atoms. The van der Waals surface area contributed by atoms with E-state index in [0.717, 1.165) is 16.9 Å². The summed E-state index contributed by atoms with van der Waals surface area (Å²) in [5, 5.41) is 54.1. The molecule has 0 unspecified atom stereocenters. The lowest BCUT2D eigenvalue weighted by molar-refractivity contribution is 0.0685. The maximum atomic E-state index is 12.3. The van der Waals surface area contributed by atoms with Crippen LogP contribution in [0.15, 0.2) is 102 Å². The van der Waals surface area contributed by atoms with E-state index in [4.69, 9.17) is 0 Å². The summed E-state index contributed by atoms with van der Waals surface area (Å²) in [7, 11) is 0. The van der Waals surface area contributed by atoms with Crippen LogP contribution in [-0.2, 0) is 0 Å². The number of carboxylic acid groups (broad SMARTS) is 3. The number of carboxylic acids is 3. The highest BCUT2D eigenvalue weighted by atomic mass is 16.4. The number of hydrogen-bond acceptors (Lipinski definition) is 6. The minimum atomic E-state index is -1.28. The summed E-state index contributed by atoms with van der Waals surface area (Å²) in [5.41, 5.74) is 1.91. The molecule has 11 nitrogen and oxygen atoms in total. The first-order valence-electron chi connectivity index (χ1n) is 14.9. The number of aromatic hydroxyl groups is 1. The molecule has 8 rings (SSSR count). The molecule has 49 heavy (non-hydrogen) atoms. The number of nitrogens with zero attached hydrogens (tertiary/aromatic N) is 2. The zero-order valence-electron chi connectivity index (χ0n) is 25.6. The zero-order valence-corrected chi connectivity index (χ0v) is 25.6. The highest BCUT2D eigenvalue weighted by Gasteiger charge is 2.25. The average molecular weight is 652 g/mol. The minimum Gasteiger partial charge on any atom is -0.506 e. The van der Waals surface area contributed by atoms with E-state index < -0.39 is 23.8 Å². The standard InChI is InChI=1S/C30H17NO8.C8H8N2/c32-22-4-2-1-3-21(22)31-27(33)17-9-5-13-15-7-11-19(29(36)37)26-20(30(38)39)12-8-16(24(15)26)14-6-10-18(28(34)35)25(17)23(13)14;1-6-9-7-4-2-3-5-8(7)10-6/h1-12,32H,(H,31,33)(H,34,35)(H,36,37)(H,38,39);2-5H,1H3,(H,9,10). The molecule has 240 valence electrons. The van der Waals surface area contributed by atoms with Crippen LogP contribution < -0.4 is 0 Å². The van der Waals surface area contributed by atoms with Crippen LogP contribution in [0.1, 0.15) is 42.5 Å². The molecule has 8 aromatic rings. The zero-order chi connectivity index (χ0) is 34.6. The lowest BCUT2D eigenvalue weighted by Gasteiger charge is -2.19. The number of aliphatic hydroxyl groups is 1. The van der Waals surface area contributed by atoms with E-state index in [2.05, 4.69) is 15.0 Å². The van der Waals surface area contributed by atoms with Crippen LogP contribution in [0.2, 0.25) is 0 Å². The monoisotopic (exact) mass is 651 g/mol. The number of phenolic OH excluding ortho intramolecular Hbond substituents is 1. The highest BCUT2D eigenvalue weighted by Crippen LogP contribution is 2.44. The first kappa shape index (κ1) is 30.6. The second-order valence-corrected chi connectivity index (χ2v) is 11.3. The van der Waals surface area contributed by atoms with Crippen molar-refractivity contribution in [1.82, 2.24) is 9.97 Å². The van der Waals surface area contributed by atoms with E-state index in [1.54, 1.807) is 36.4 Å². The van der Waals surface area contributed by atoms with Crippen LogP contribution in [0, 0.1) is 6.92 Å². The van der Waals surface area contributed by atoms with Gasteiger partial charge in [-0.25, -0.2) is 24.4 Å². The Bertz CT molecular complexity index is 2590. The number of benzene rings is 7. The molecule has 0 fully saturated rings. The van der Waals surface area contributed by atoms with E-state index in [0.29, 0.717) is 32.3 Å². The SMILES string of the molecule is Cc1nc2ccccc2[nH]1.O=C(O)c1ccc2c3ccc(C(=O)O)c4c(C(O)=Nc5ccccc5O)ccc(c5ccc(C(=O)O)c1c25)c43. The van der Waals surface area contributed by atoms with Gasteiger partial charge in [0.1, 0.15) is 17.3 Å². The van der Waals surface area contributed by atoms with Gasteiger partial charge in [0.25, 0.3) is 0 Å². The Hall–Kier alpha value is -7.01. The molecule has 1 heterocycles. The number of aromatic carboxylic acids is 3. The van der Waals surface area contributed by atoms with Crippen molar-refractivity contribution in [3.05, 3.63) is 125 Å². The smallest absolute Gasteiger partial charge is 0.336 e. The fraction of sp³-hybridized carbons (Fsp3) is 0.0263. The first-order chi connectivity index (χ1) is 23.5. The van der Waals surface area contributed by atoms with E-state index in [9.17, 15) is 39.9 Å². The average Bonchev–Trinajstić information content (AvgIpc) is 3.47. The number of imidazole rings is 1. The number of nitrogens with one attached hydrogen (secondary N) is 1. The molecule has 0 aliphatic carbocycles. The van der Waals surface area contributed by atoms with Gasteiger partial charge in [-0.05, 0) is 87.8 Å². The van der Waals surface area contributed by atoms with E-state index in [-0.39, 0.29) is 44.5 Å². The molecule has 0 saturated heterocycles. The third kappa shape index (κ3) is 5.06. The number of hydrogen-bond donors (Lipinski definition) is 6. The number of fused-ring (bicyclic) bond motifs is 3. The maximum Gasteiger partial charge on any atom is 0.336 e. The van der Waals surface area contributed by atoms with Gasteiger partial charge in [-0.15, -0.1) is 0 Å². The summed E-state index contributed by atoms with van der Waals surface area (Å²) in [6.45, 7) is 1.96. The summed E-state index contributed by atoms with van der Waals surface area (Å²) in [6.07, 6.45) is 0. The van der Waals surface area contributed by atoms with Crippen LogP contribution in [0.4, 0.5) is 5.69 Å². The minimum absolute atomic E-state index is 0.0687. The number of para-hydroxylation sites is 4. The Morgan fingerprint density at radius 1 is 0.571 bits per heavy atom. The molecule has 0 aliphatic heterocycles. The molecule has 1 aromatic heterocycles. The predicted molar refractivity (Wildman–Crippen MR) is 186 cm³/mol. The third-order valence-electron chi connectivity index (χ3n) is 8.45. The molecule has 6 N–H and O–H groups in total. The lowest BCUT2D eigenvalue weighted by Crippen LogP contribution is -2.07. The summed E-state index contributed by atoms with van der Waals surface area (Å²) in [6, 6.07) is 26.0. The van der Waals surface area contributed by atoms with Gasteiger partial charge < -0.3 is 30.5 Å². The van der Waals surface area contributed by atoms with Crippen molar-refractivity contribution >= 4 is 83.6 Å². The largest absolute Gasteiger partial charge is 0.506 e. The Morgan fingerprint density at radius 3 is 1.51 bits per heavy atom. The number of aliphatic imine (C=N–C) groups is 1. The third-order valence-corrected chi connectivity index (χ3v) is 8.45. The van der Waals surface area contributed by atoms with E-state index >= 15 is 0 Å². The number of H-pyrrole nitrogens is 1. The molecule has 0 bridgehead atoms. The fourth-order valence-electron chi connectivity index (χ4n) is 6.42. The molecule has 11 heteroatoms. The summed E-state index contributed by atoms with van der Waals surface area (Å²) < 4.78 is 0. The number of phenols is 1. The van der Waals surface area contributed by atoms with Gasteiger partial charge in [0.15, 0.2) is 0 Å². The molecule has 0 radical (unpaired) electrons. The van der Waals surface area contributed by atoms with Gasteiger partial charge in [-0.1, -0.05) is 48.5 Å². The number of rotatable bonds is 5. The predicted octanol–water partition coefficient (Wildman–Crippen LogP) is 8.05. The van der Waals surface area contributed by atoms with Gasteiger partial charge in [0, 0.05) is 16.3 Å². The quantitative estimate of drug-likeness (QED) is 0.0462. The Morgan fingerprint density at radius 2 is 1.02 bits per heavy atom. The number of carbonyl (C=O) groups is 3. The Labute approximate surface area is 276 Å². The van der Waals surface area contributed by atoms with Crippen molar-refractivity contribution in [2.45, 2.75) is 6.92 Å². The number of aryl methyl sites for hydroxylation is 1. The van der Waals surface area contributed by atoms with Gasteiger partial charge in [0.05, 0.1) is 27.7 Å². The molecule has 0 amide bonds. The van der Waals surface area contributed by atoms with E-state index in [1.165, 1.54) is 36.4 Å². The van der Waals surface area contributed by atoms with Crippen LogP contribution in [0.5, 0.6) is 5.75 Å². The highest BCUT2D eigenvalue weighted by molar-refractivity contribution is 6.38. The second-order valence-electron chi connectivity index (χ2n) is 11.3. The second kappa shape index (κ2) is 11.7. The van der Waals surface area contributed by atoms with Gasteiger partial charge in [0.2, 0.25) is 5.90 Å². The topological polar surface area (TPSA) is 193 Å². The van der Waals surface area contributed by atoms with Crippen molar-refractivity contribution in [2.75, 3.05) is 0 Å². The normalized spacial score (nSPS) is 11.7. The number of aromatic nitrogens is 2. The van der Waals surface area contributed by atoms with Gasteiger partial charge in [-0.3, -0.25) is 0 Å². The number of aromatic amines is 1. The molecule has 7 aromatic carbocycles. The molecular weight excluding hydrogens is 626 g/mol. The maximum absolute atomic E-state index is 12.3. The van der Waals surface area contributed by atoms with Crippen LogP contribution in [0.3, 0.4) is 0 Å². The molecule has 0 aliphatic rings. The molecule has 0 atom stereocenters. The van der Waals surface area contributed by atoms with Gasteiger partial charge >= 0.3 is 17.9 Å². The van der Waals surface area contributed by atoms with Crippen molar-refractivity contribution in [2.24, 2.45) is 4.99 Å². The van der Waals surface area contributed by atoms with Gasteiger partial charge in [-0.2, -0.15) is 0 Å². The van der Waals surface area contributed by atoms with Crippen molar-refractivity contribution in [3.8, 4) is 5.75 Å². The van der Waals surface area contributed by atoms with Crippen molar-refractivity contribution < 1.29 is 39.9 Å². The van der Waals surface area contributed by atoms with Crippen LogP contribution in [-0.4, -0.2) is 59.3 Å². The lowest BCUT2D eigenvalue weighted by atomic mass is 9.84. The summed E-state index contributed by atoms with van der Waals surface area (Å²) >= 11 is 0. The van der Waals surface area contributed by atoms with Crippen molar-refractivity contribution in [1.29, 1.82) is 0 Å². The Balaban J connectivity index is 0.000000322.